The van der Waals surface area contributed by atoms with Crippen LogP contribution in [0.15, 0.2) is 48.7 Å². The molecule has 3 aromatic rings. The molecule has 2 atom stereocenters. The number of amides is 1. The molecule has 0 bridgehead atoms. The molecule has 2 aliphatic carbocycles. The van der Waals surface area contributed by atoms with E-state index >= 15 is 0 Å². The molecule has 2 heterocycles. The summed E-state index contributed by atoms with van der Waals surface area (Å²) in [5.41, 5.74) is 3.02. The van der Waals surface area contributed by atoms with E-state index in [2.05, 4.69) is 21.8 Å². The number of ether oxygens (including phenoxy) is 1. The summed E-state index contributed by atoms with van der Waals surface area (Å²) in [6.07, 6.45) is 6.66. The number of fused-ring (bicyclic) bond motifs is 1. The second-order valence-electron chi connectivity index (χ2n) is 8.00. The third-order valence-electron chi connectivity index (χ3n) is 5.69. The maximum atomic E-state index is 12.1. The van der Waals surface area contributed by atoms with Crippen molar-refractivity contribution in [2.75, 3.05) is 5.32 Å². The lowest BCUT2D eigenvalue weighted by atomic mass is 10.2. The molecule has 0 spiro atoms. The number of anilines is 1. The van der Waals surface area contributed by atoms with Crippen LogP contribution >= 0.6 is 0 Å². The average molecular weight is 391 g/mol. The number of carbonyl (C=O) groups excluding carboxylic acids is 1. The van der Waals surface area contributed by atoms with Crippen molar-refractivity contribution in [3.8, 4) is 0 Å². The normalized spacial score (nSPS) is 21.2. The number of carbonyl (C=O) groups is 1. The van der Waals surface area contributed by atoms with Gasteiger partial charge in [0.05, 0.1) is 6.20 Å². The predicted octanol–water partition coefficient (Wildman–Crippen LogP) is 3.87. The van der Waals surface area contributed by atoms with Gasteiger partial charge in [0.2, 0.25) is 0 Å². The summed E-state index contributed by atoms with van der Waals surface area (Å²) in [7, 11) is 0. The van der Waals surface area contributed by atoms with Gasteiger partial charge in [0.15, 0.2) is 5.65 Å². The fourth-order valence-corrected chi connectivity index (χ4v) is 4.01. The quantitative estimate of drug-likeness (QED) is 0.667. The minimum absolute atomic E-state index is 0.119. The van der Waals surface area contributed by atoms with Gasteiger partial charge in [-0.2, -0.15) is 9.61 Å². The third kappa shape index (κ3) is 4.18. The van der Waals surface area contributed by atoms with Crippen LogP contribution < -0.4 is 10.6 Å². The van der Waals surface area contributed by atoms with Gasteiger partial charge in [0, 0.05) is 35.8 Å². The van der Waals surface area contributed by atoms with Crippen LogP contribution in [0.1, 0.15) is 49.3 Å². The van der Waals surface area contributed by atoms with E-state index in [1.165, 1.54) is 12.8 Å². The van der Waals surface area contributed by atoms with Crippen molar-refractivity contribution in [2.45, 2.75) is 56.7 Å². The number of rotatable bonds is 6. The van der Waals surface area contributed by atoms with Gasteiger partial charge in [-0.25, -0.2) is 9.78 Å². The average Bonchev–Trinajstić information content (AvgIpc) is 3.32. The van der Waals surface area contributed by atoms with Crippen molar-refractivity contribution < 1.29 is 9.53 Å². The summed E-state index contributed by atoms with van der Waals surface area (Å²) in [6, 6.07) is 14.2. The second-order valence-corrected chi connectivity index (χ2v) is 8.00. The van der Waals surface area contributed by atoms with Crippen molar-refractivity contribution in [1.82, 2.24) is 19.9 Å². The molecule has 0 unspecified atom stereocenters. The van der Waals surface area contributed by atoms with E-state index in [1.807, 2.05) is 40.9 Å². The molecular formula is C22H25N5O2. The van der Waals surface area contributed by atoms with Crippen LogP contribution in [0.4, 0.5) is 10.6 Å². The zero-order valence-corrected chi connectivity index (χ0v) is 16.3. The highest BCUT2D eigenvalue weighted by Crippen LogP contribution is 2.40. The Balaban J connectivity index is 1.17. The number of hydrogen-bond donors (Lipinski definition) is 2. The zero-order valence-electron chi connectivity index (χ0n) is 16.3. The zero-order chi connectivity index (χ0) is 19.6. The van der Waals surface area contributed by atoms with E-state index in [0.29, 0.717) is 12.5 Å². The smallest absolute Gasteiger partial charge is 0.407 e. The van der Waals surface area contributed by atoms with E-state index in [-0.39, 0.29) is 18.2 Å². The van der Waals surface area contributed by atoms with Crippen molar-refractivity contribution in [2.24, 2.45) is 0 Å². The molecule has 7 heteroatoms. The van der Waals surface area contributed by atoms with E-state index in [0.717, 1.165) is 42.0 Å². The third-order valence-corrected chi connectivity index (χ3v) is 5.69. The molecule has 2 saturated carbocycles. The molecule has 2 aliphatic rings. The Morgan fingerprint density at radius 3 is 2.76 bits per heavy atom. The lowest BCUT2D eigenvalue weighted by Crippen LogP contribution is -2.34. The van der Waals surface area contributed by atoms with Gasteiger partial charge >= 0.3 is 6.09 Å². The summed E-state index contributed by atoms with van der Waals surface area (Å²) in [5, 5.41) is 11.0. The second kappa shape index (κ2) is 7.73. The van der Waals surface area contributed by atoms with Gasteiger partial charge in [0.25, 0.3) is 0 Å². The number of hydrogen-bond acceptors (Lipinski definition) is 5. The number of aromatic nitrogens is 3. The van der Waals surface area contributed by atoms with Crippen LogP contribution in [0.25, 0.3) is 5.65 Å². The van der Waals surface area contributed by atoms with Gasteiger partial charge in [-0.15, -0.1) is 0 Å². The molecule has 0 radical (unpaired) electrons. The number of alkyl carbamates (subject to hydrolysis) is 1. The standard InChI is InChI=1S/C22H25N5O2/c28-22(29-14-15-4-2-1-3-5-15)25-18-9-8-17(12-18)24-21-13-19(16-6-7-16)26-20-10-11-23-27(20)21/h1-5,10-11,13,16-18,24H,6-9,12,14H2,(H,25,28)/t17-,18-/m0/s1. The van der Waals surface area contributed by atoms with Crippen LogP contribution in [0.5, 0.6) is 0 Å². The first-order chi connectivity index (χ1) is 14.2. The van der Waals surface area contributed by atoms with Crippen molar-refractivity contribution in [1.29, 1.82) is 0 Å². The SMILES string of the molecule is O=C(N[C@H]1CC[C@H](Nc2cc(C3CC3)nc3ccnn23)C1)OCc1ccccc1. The molecule has 5 rings (SSSR count). The van der Waals surface area contributed by atoms with Crippen LogP contribution in [0, 0.1) is 0 Å². The molecule has 1 aromatic carbocycles. The maximum absolute atomic E-state index is 12.1. The molecule has 0 aliphatic heterocycles. The monoisotopic (exact) mass is 391 g/mol. The predicted molar refractivity (Wildman–Crippen MR) is 110 cm³/mol. The number of nitrogens with one attached hydrogen (secondary N) is 2. The summed E-state index contributed by atoms with van der Waals surface area (Å²) >= 11 is 0. The minimum Gasteiger partial charge on any atom is -0.445 e. The summed E-state index contributed by atoms with van der Waals surface area (Å²) in [5.74, 6) is 1.58. The molecule has 2 fully saturated rings. The summed E-state index contributed by atoms with van der Waals surface area (Å²) in [4.78, 5) is 16.8. The molecule has 1 amide bonds. The molecule has 2 aromatic heterocycles. The Bertz CT molecular complexity index is 999. The Morgan fingerprint density at radius 1 is 1.10 bits per heavy atom. The molecular weight excluding hydrogens is 366 g/mol. The topological polar surface area (TPSA) is 80.5 Å². The molecule has 7 nitrogen and oxygen atoms in total. The highest BCUT2D eigenvalue weighted by Gasteiger charge is 2.29. The molecule has 150 valence electrons. The van der Waals surface area contributed by atoms with Gasteiger partial charge < -0.3 is 15.4 Å². The maximum Gasteiger partial charge on any atom is 0.407 e. The van der Waals surface area contributed by atoms with Gasteiger partial charge in [-0.05, 0) is 37.7 Å². The lowest BCUT2D eigenvalue weighted by molar-refractivity contribution is 0.136. The van der Waals surface area contributed by atoms with Crippen LogP contribution in [0.3, 0.4) is 0 Å². The molecule has 2 N–H and O–H groups in total. The van der Waals surface area contributed by atoms with Gasteiger partial charge in [0.1, 0.15) is 12.4 Å². The first kappa shape index (κ1) is 18.0. The van der Waals surface area contributed by atoms with Crippen LogP contribution in [-0.4, -0.2) is 32.8 Å². The van der Waals surface area contributed by atoms with Gasteiger partial charge in [-0.1, -0.05) is 30.3 Å². The number of benzene rings is 1. The van der Waals surface area contributed by atoms with Crippen molar-refractivity contribution >= 4 is 17.6 Å². The largest absolute Gasteiger partial charge is 0.445 e. The van der Waals surface area contributed by atoms with E-state index in [1.54, 1.807) is 6.20 Å². The molecule has 0 saturated heterocycles. The van der Waals surface area contributed by atoms with E-state index < -0.39 is 0 Å². The van der Waals surface area contributed by atoms with Gasteiger partial charge in [-0.3, -0.25) is 0 Å². The first-order valence-corrected chi connectivity index (χ1v) is 10.3. The Kier molecular flexibility index (Phi) is 4.79. The number of nitrogens with zero attached hydrogens (tertiary/aromatic N) is 3. The highest BCUT2D eigenvalue weighted by molar-refractivity contribution is 5.67. The Hall–Kier alpha value is -3.09. The lowest BCUT2D eigenvalue weighted by Gasteiger charge is -2.17. The van der Waals surface area contributed by atoms with E-state index in [4.69, 9.17) is 9.72 Å². The van der Waals surface area contributed by atoms with Crippen LogP contribution in [0.2, 0.25) is 0 Å². The van der Waals surface area contributed by atoms with Crippen molar-refractivity contribution in [3.63, 3.8) is 0 Å². The summed E-state index contributed by atoms with van der Waals surface area (Å²) in [6.45, 7) is 0.291. The van der Waals surface area contributed by atoms with E-state index in [9.17, 15) is 4.79 Å². The molecule has 29 heavy (non-hydrogen) atoms. The Labute approximate surface area is 169 Å². The summed E-state index contributed by atoms with van der Waals surface area (Å²) < 4.78 is 7.21. The Morgan fingerprint density at radius 2 is 1.93 bits per heavy atom. The highest BCUT2D eigenvalue weighted by atomic mass is 16.5. The fraction of sp³-hybridized carbons (Fsp3) is 0.409. The first-order valence-electron chi connectivity index (χ1n) is 10.3. The van der Waals surface area contributed by atoms with Crippen molar-refractivity contribution in [3.05, 3.63) is 59.9 Å². The fourth-order valence-electron chi connectivity index (χ4n) is 4.01. The minimum atomic E-state index is -0.353. The van der Waals surface area contributed by atoms with Crippen LogP contribution in [-0.2, 0) is 11.3 Å².